The first kappa shape index (κ1) is 18.4. The number of rotatable bonds is 3. The molecule has 1 amide bonds. The van der Waals surface area contributed by atoms with Crippen LogP contribution in [0.4, 0.5) is 10.5 Å². The van der Waals surface area contributed by atoms with Crippen molar-refractivity contribution in [2.75, 3.05) is 25.7 Å². The zero-order valence-corrected chi connectivity index (χ0v) is 15.2. The maximum absolute atomic E-state index is 12.1. The minimum atomic E-state index is -0.470. The predicted octanol–water partition coefficient (Wildman–Crippen LogP) is 3.79. The van der Waals surface area contributed by atoms with E-state index in [4.69, 9.17) is 9.57 Å². The lowest BCUT2D eigenvalue weighted by Crippen LogP contribution is -2.41. The summed E-state index contributed by atoms with van der Waals surface area (Å²) in [7, 11) is 1.51. The van der Waals surface area contributed by atoms with Gasteiger partial charge in [-0.15, -0.1) is 0 Å². The van der Waals surface area contributed by atoms with Crippen molar-refractivity contribution < 1.29 is 19.5 Å². The third-order valence-electron chi connectivity index (χ3n) is 4.15. The van der Waals surface area contributed by atoms with E-state index in [1.807, 2.05) is 39.8 Å². The highest BCUT2D eigenvalue weighted by molar-refractivity contribution is 5.68. The van der Waals surface area contributed by atoms with Gasteiger partial charge in [-0.1, -0.05) is 6.07 Å². The van der Waals surface area contributed by atoms with Gasteiger partial charge in [0, 0.05) is 13.1 Å². The summed E-state index contributed by atoms with van der Waals surface area (Å²) in [6.07, 6.45) is 1.50. The molecule has 0 saturated carbocycles. The second-order valence-electron chi connectivity index (χ2n) is 7.28. The number of nitrogens with zero attached hydrogens (tertiary/aromatic N) is 1. The van der Waals surface area contributed by atoms with E-state index in [0.717, 1.165) is 24.0 Å². The number of piperidine rings is 1. The molecule has 1 fully saturated rings. The van der Waals surface area contributed by atoms with E-state index in [2.05, 4.69) is 5.48 Å². The summed E-state index contributed by atoms with van der Waals surface area (Å²) in [5.41, 5.74) is 4.77. The van der Waals surface area contributed by atoms with E-state index < -0.39 is 5.60 Å². The highest BCUT2D eigenvalue weighted by atomic mass is 16.6. The lowest BCUT2D eigenvalue weighted by atomic mass is 9.88. The second-order valence-corrected chi connectivity index (χ2v) is 7.28. The van der Waals surface area contributed by atoms with E-state index in [-0.39, 0.29) is 11.8 Å². The number of nitrogens with one attached hydrogen (secondary N) is 1. The lowest BCUT2D eigenvalue weighted by molar-refractivity contribution is 0.0205. The van der Waals surface area contributed by atoms with E-state index >= 15 is 0 Å². The summed E-state index contributed by atoms with van der Waals surface area (Å²) in [6.45, 7) is 8.85. The van der Waals surface area contributed by atoms with E-state index in [0.29, 0.717) is 24.7 Å². The molecule has 1 aliphatic heterocycles. The van der Waals surface area contributed by atoms with Gasteiger partial charge in [0.1, 0.15) is 17.0 Å². The number of aryl methyl sites for hydroxylation is 1. The van der Waals surface area contributed by atoms with Crippen LogP contribution in [0.5, 0.6) is 5.75 Å². The summed E-state index contributed by atoms with van der Waals surface area (Å²) in [6, 6.07) is 3.92. The normalized spacial score (nSPS) is 16.1. The summed E-state index contributed by atoms with van der Waals surface area (Å²) in [5.74, 6) is 0.548. The fourth-order valence-electron chi connectivity index (χ4n) is 2.95. The number of phenolic OH excluding ortho intramolecular Hbond substituents is 1. The van der Waals surface area contributed by atoms with E-state index in [1.54, 1.807) is 4.90 Å². The summed E-state index contributed by atoms with van der Waals surface area (Å²) in [4.78, 5) is 18.8. The van der Waals surface area contributed by atoms with Crippen molar-refractivity contribution in [1.29, 1.82) is 0 Å². The van der Waals surface area contributed by atoms with Crippen LogP contribution in [0.1, 0.15) is 50.7 Å². The third-order valence-corrected chi connectivity index (χ3v) is 4.15. The monoisotopic (exact) mass is 336 g/mol. The Morgan fingerprint density at radius 1 is 1.29 bits per heavy atom. The van der Waals surface area contributed by atoms with Crippen molar-refractivity contribution in [3.8, 4) is 5.75 Å². The topological polar surface area (TPSA) is 71.0 Å². The highest BCUT2D eigenvalue weighted by Gasteiger charge is 2.28. The number of carbonyl (C=O) groups is 1. The zero-order chi connectivity index (χ0) is 17.9. The van der Waals surface area contributed by atoms with Crippen LogP contribution >= 0.6 is 0 Å². The number of amides is 1. The molecule has 134 valence electrons. The van der Waals surface area contributed by atoms with Crippen LogP contribution in [0, 0.1) is 6.92 Å². The Balaban J connectivity index is 2.03. The van der Waals surface area contributed by atoms with E-state index in [1.165, 1.54) is 7.11 Å². The molecule has 0 spiro atoms. The van der Waals surface area contributed by atoms with Crippen LogP contribution in [0.25, 0.3) is 0 Å². The minimum absolute atomic E-state index is 0.201. The van der Waals surface area contributed by atoms with Crippen molar-refractivity contribution in [3.05, 3.63) is 23.3 Å². The van der Waals surface area contributed by atoms with Gasteiger partial charge in [-0.05, 0) is 63.6 Å². The molecule has 6 heteroatoms. The van der Waals surface area contributed by atoms with Crippen molar-refractivity contribution in [2.24, 2.45) is 0 Å². The Bertz CT molecular complexity index is 587. The molecule has 0 atom stereocenters. The quantitative estimate of drug-likeness (QED) is 0.649. The fraction of sp³-hybridized carbons (Fsp3) is 0.611. The highest BCUT2D eigenvalue weighted by Crippen LogP contribution is 2.35. The molecule has 1 aromatic rings. The third kappa shape index (κ3) is 4.54. The molecule has 0 aliphatic carbocycles. The fourth-order valence-corrected chi connectivity index (χ4v) is 2.95. The predicted molar refractivity (Wildman–Crippen MR) is 93.3 cm³/mol. The maximum Gasteiger partial charge on any atom is 0.410 e. The average Bonchev–Trinajstić information content (AvgIpc) is 2.50. The Morgan fingerprint density at radius 2 is 1.92 bits per heavy atom. The van der Waals surface area contributed by atoms with Gasteiger partial charge < -0.3 is 14.7 Å². The van der Waals surface area contributed by atoms with Crippen molar-refractivity contribution in [1.82, 2.24) is 4.90 Å². The number of hydrogen-bond acceptors (Lipinski definition) is 5. The number of phenols is 1. The molecule has 2 rings (SSSR count). The van der Waals surface area contributed by atoms with Gasteiger partial charge in [0.15, 0.2) is 0 Å². The second kappa shape index (κ2) is 7.30. The van der Waals surface area contributed by atoms with E-state index in [9.17, 15) is 9.90 Å². The van der Waals surface area contributed by atoms with Gasteiger partial charge >= 0.3 is 6.09 Å². The largest absolute Gasteiger partial charge is 0.505 e. The number of ether oxygens (including phenoxy) is 1. The molecule has 1 saturated heterocycles. The first-order valence-electron chi connectivity index (χ1n) is 8.31. The molecule has 6 nitrogen and oxygen atoms in total. The number of likely N-dealkylation sites (tertiary alicyclic amines) is 1. The van der Waals surface area contributed by atoms with Gasteiger partial charge in [0.25, 0.3) is 0 Å². The van der Waals surface area contributed by atoms with Crippen LogP contribution in [0.15, 0.2) is 12.1 Å². The number of anilines is 1. The molecule has 0 unspecified atom stereocenters. The van der Waals surface area contributed by atoms with Gasteiger partial charge in [0.05, 0.1) is 7.11 Å². The standard InChI is InChI=1S/C18H28N2O4/c1-12-10-14(11-15(16(12)21)19-23-5)13-6-8-20(9-7-13)17(22)24-18(2,3)4/h10-11,13,19,21H,6-9H2,1-5H3. The van der Waals surface area contributed by atoms with Crippen LogP contribution < -0.4 is 5.48 Å². The first-order valence-corrected chi connectivity index (χ1v) is 8.31. The van der Waals surface area contributed by atoms with Crippen LogP contribution in [-0.4, -0.2) is 41.9 Å². The Kier molecular flexibility index (Phi) is 5.59. The molecule has 1 aromatic carbocycles. The van der Waals surface area contributed by atoms with Crippen molar-refractivity contribution >= 4 is 11.8 Å². The summed E-state index contributed by atoms with van der Waals surface area (Å²) < 4.78 is 5.43. The Labute approximate surface area is 143 Å². The SMILES string of the molecule is CONc1cc(C2CCN(C(=O)OC(C)(C)C)CC2)cc(C)c1O. The number of aromatic hydroxyl groups is 1. The molecule has 24 heavy (non-hydrogen) atoms. The molecule has 1 aliphatic rings. The van der Waals surface area contributed by atoms with Gasteiger partial charge in [-0.25, -0.2) is 4.79 Å². The van der Waals surface area contributed by atoms with Gasteiger partial charge in [-0.2, -0.15) is 0 Å². The Hall–Kier alpha value is -1.95. The molecule has 2 N–H and O–H groups in total. The minimum Gasteiger partial charge on any atom is -0.505 e. The number of carbonyl (C=O) groups excluding carboxylic acids is 1. The summed E-state index contributed by atoms with van der Waals surface area (Å²) >= 11 is 0. The number of hydrogen-bond donors (Lipinski definition) is 2. The average molecular weight is 336 g/mol. The smallest absolute Gasteiger partial charge is 0.410 e. The lowest BCUT2D eigenvalue weighted by Gasteiger charge is -2.33. The van der Waals surface area contributed by atoms with Gasteiger partial charge in [-0.3, -0.25) is 10.3 Å². The van der Waals surface area contributed by atoms with Crippen molar-refractivity contribution in [3.63, 3.8) is 0 Å². The molecule has 1 heterocycles. The Morgan fingerprint density at radius 3 is 2.46 bits per heavy atom. The number of benzene rings is 1. The van der Waals surface area contributed by atoms with Crippen LogP contribution in [-0.2, 0) is 9.57 Å². The molecule has 0 radical (unpaired) electrons. The maximum atomic E-state index is 12.1. The van der Waals surface area contributed by atoms with Crippen molar-refractivity contribution in [2.45, 2.75) is 52.1 Å². The van der Waals surface area contributed by atoms with Gasteiger partial charge in [0.2, 0.25) is 0 Å². The zero-order valence-electron chi connectivity index (χ0n) is 15.2. The molecular weight excluding hydrogens is 308 g/mol. The molecule has 0 aromatic heterocycles. The summed E-state index contributed by atoms with van der Waals surface area (Å²) in [5, 5.41) is 10.1. The molecule has 0 bridgehead atoms. The first-order chi connectivity index (χ1) is 11.2. The van der Waals surface area contributed by atoms with Crippen LogP contribution in [0.2, 0.25) is 0 Å². The molecular formula is C18H28N2O4. The van der Waals surface area contributed by atoms with Crippen LogP contribution in [0.3, 0.4) is 0 Å².